The number of carbonyl (C=O) groups is 2. The van der Waals surface area contributed by atoms with E-state index in [1.54, 1.807) is 6.20 Å². The summed E-state index contributed by atoms with van der Waals surface area (Å²) in [5.41, 5.74) is 1.96. The van der Waals surface area contributed by atoms with E-state index in [0.717, 1.165) is 5.92 Å². The Balaban J connectivity index is 0. The Bertz CT molecular complexity index is 709. The molecule has 1 amide bonds. The minimum Gasteiger partial charge on any atom is -0.349 e. The lowest BCUT2D eigenvalue weighted by Crippen LogP contribution is -2.36. The minimum absolute atomic E-state index is 0.0899. The highest BCUT2D eigenvalue weighted by atomic mass is 16.2. The zero-order chi connectivity index (χ0) is 24.9. The van der Waals surface area contributed by atoms with Crippen LogP contribution in [0.2, 0.25) is 0 Å². The lowest BCUT2D eigenvalue weighted by molar-refractivity contribution is -0.121. The van der Waals surface area contributed by atoms with E-state index in [1.165, 1.54) is 10.2 Å². The van der Waals surface area contributed by atoms with Crippen LogP contribution in [0.5, 0.6) is 0 Å². The van der Waals surface area contributed by atoms with Crippen LogP contribution in [0.4, 0.5) is 0 Å². The van der Waals surface area contributed by atoms with Gasteiger partial charge in [0.15, 0.2) is 5.78 Å². The molecule has 2 N–H and O–H groups in total. The first-order valence-corrected chi connectivity index (χ1v) is 11.6. The van der Waals surface area contributed by atoms with Gasteiger partial charge in [0.25, 0.3) is 0 Å². The van der Waals surface area contributed by atoms with E-state index in [2.05, 4.69) is 60.8 Å². The summed E-state index contributed by atoms with van der Waals surface area (Å²) < 4.78 is 1.49. The van der Waals surface area contributed by atoms with Gasteiger partial charge in [0.05, 0.1) is 19.3 Å². The van der Waals surface area contributed by atoms with Crippen LogP contribution in [0, 0.1) is 12.8 Å². The van der Waals surface area contributed by atoms with Crippen LogP contribution < -0.4 is 10.6 Å². The predicted molar refractivity (Wildman–Crippen MR) is 133 cm³/mol. The fraction of sp³-hybridized carbons (Fsp3) is 0.600. The Labute approximate surface area is 195 Å². The van der Waals surface area contributed by atoms with Crippen molar-refractivity contribution in [3.05, 3.63) is 47.8 Å². The largest absolute Gasteiger partial charge is 0.349 e. The van der Waals surface area contributed by atoms with E-state index in [1.807, 2.05) is 52.8 Å². The standard InChI is InChI=1S/C12H21N5O2.C7H8.C4H10.C2H6/c1-4-11(18)8-17-7-10(15-16-17)5-14-12(19)6-13-9(2)3;1-7-5-3-2-4-6-7;1-4(2)3;1-2/h7,9,13H,4-6,8H2,1-3H3,(H,14,19);2-6H,1H3;4H,1-3H3;1-2H3. The number of hydrogen-bond acceptors (Lipinski definition) is 5. The van der Waals surface area contributed by atoms with Crippen LogP contribution in [0.3, 0.4) is 0 Å². The molecular weight excluding hydrogens is 402 g/mol. The molecule has 0 bridgehead atoms. The highest BCUT2D eigenvalue weighted by molar-refractivity contribution is 5.78. The molecule has 182 valence electrons. The number of rotatable bonds is 8. The van der Waals surface area contributed by atoms with Crippen molar-refractivity contribution in [1.29, 1.82) is 0 Å². The van der Waals surface area contributed by atoms with Crippen molar-refractivity contribution in [3.63, 3.8) is 0 Å². The molecule has 0 unspecified atom stereocenters. The number of benzene rings is 1. The third kappa shape index (κ3) is 20.7. The SMILES string of the molecule is CC.CC(C)C.CCC(=O)Cn1cc(CNC(=O)CNC(C)C)nn1.Cc1ccccc1. The average molecular weight is 448 g/mol. The van der Waals surface area contributed by atoms with E-state index in [4.69, 9.17) is 0 Å². The Morgan fingerprint density at radius 2 is 1.59 bits per heavy atom. The summed E-state index contributed by atoms with van der Waals surface area (Å²) in [5.74, 6) is 0.842. The van der Waals surface area contributed by atoms with Crippen LogP contribution >= 0.6 is 0 Å². The molecule has 1 heterocycles. The average Bonchev–Trinajstić information content (AvgIpc) is 3.20. The molecular formula is C25H45N5O2. The summed E-state index contributed by atoms with van der Waals surface area (Å²) in [4.78, 5) is 22.7. The quantitative estimate of drug-likeness (QED) is 0.619. The number of Topliss-reactive ketones (excluding diaryl/α,β-unsaturated/α-hetero) is 1. The van der Waals surface area contributed by atoms with Gasteiger partial charge in [-0.25, -0.2) is 4.68 Å². The van der Waals surface area contributed by atoms with Gasteiger partial charge >= 0.3 is 0 Å². The van der Waals surface area contributed by atoms with Crippen molar-refractivity contribution >= 4 is 11.7 Å². The molecule has 1 aromatic heterocycles. The molecule has 7 nitrogen and oxygen atoms in total. The maximum atomic E-state index is 11.5. The molecule has 1 aromatic carbocycles. The van der Waals surface area contributed by atoms with Crippen LogP contribution in [-0.2, 0) is 22.7 Å². The van der Waals surface area contributed by atoms with Crippen LogP contribution in [0.25, 0.3) is 0 Å². The van der Waals surface area contributed by atoms with Crippen molar-refractivity contribution in [2.75, 3.05) is 6.54 Å². The molecule has 2 rings (SSSR count). The summed E-state index contributed by atoms with van der Waals surface area (Å²) in [6.45, 7) is 19.2. The molecule has 0 aliphatic carbocycles. The molecule has 7 heteroatoms. The van der Waals surface area contributed by atoms with Gasteiger partial charge in [-0.15, -0.1) is 5.10 Å². The second-order valence-electron chi connectivity index (χ2n) is 8.00. The molecule has 0 atom stereocenters. The van der Waals surface area contributed by atoms with Gasteiger partial charge < -0.3 is 10.6 Å². The van der Waals surface area contributed by atoms with E-state index >= 15 is 0 Å². The van der Waals surface area contributed by atoms with E-state index in [9.17, 15) is 9.59 Å². The maximum absolute atomic E-state index is 11.5. The molecule has 2 aromatic rings. The van der Waals surface area contributed by atoms with Gasteiger partial charge in [-0.2, -0.15) is 0 Å². The first-order chi connectivity index (χ1) is 15.1. The van der Waals surface area contributed by atoms with Gasteiger partial charge in [0, 0.05) is 12.5 Å². The molecule has 0 saturated carbocycles. The summed E-state index contributed by atoms with van der Waals surface area (Å²) in [5, 5.41) is 13.5. The van der Waals surface area contributed by atoms with Gasteiger partial charge in [-0.3, -0.25) is 9.59 Å². The normalized spacial score (nSPS) is 9.59. The van der Waals surface area contributed by atoms with E-state index in [0.29, 0.717) is 18.7 Å². The second-order valence-corrected chi connectivity index (χ2v) is 8.00. The number of ketones is 1. The first kappa shape index (κ1) is 31.6. The summed E-state index contributed by atoms with van der Waals surface area (Å²) in [6, 6.07) is 10.5. The number of carbonyl (C=O) groups excluding carboxylic acids is 2. The van der Waals surface area contributed by atoms with Crippen molar-refractivity contribution in [1.82, 2.24) is 25.6 Å². The number of nitrogens with one attached hydrogen (secondary N) is 2. The Morgan fingerprint density at radius 3 is 2.03 bits per heavy atom. The third-order valence-electron chi connectivity index (χ3n) is 3.40. The molecule has 0 fully saturated rings. The van der Waals surface area contributed by atoms with E-state index < -0.39 is 0 Å². The lowest BCUT2D eigenvalue weighted by Gasteiger charge is -2.07. The van der Waals surface area contributed by atoms with Crippen LogP contribution in [0.15, 0.2) is 36.5 Å². The molecule has 0 radical (unpaired) electrons. The molecule has 0 aliphatic rings. The van der Waals surface area contributed by atoms with Crippen molar-refractivity contribution in [2.45, 2.75) is 87.9 Å². The van der Waals surface area contributed by atoms with Gasteiger partial charge in [-0.1, -0.05) is 96.5 Å². The molecule has 32 heavy (non-hydrogen) atoms. The lowest BCUT2D eigenvalue weighted by atomic mass is 10.2. The highest BCUT2D eigenvalue weighted by Crippen LogP contribution is 1.94. The zero-order valence-electron chi connectivity index (χ0n) is 21.6. The fourth-order valence-corrected chi connectivity index (χ4v) is 1.87. The van der Waals surface area contributed by atoms with Gasteiger partial charge in [0.1, 0.15) is 12.2 Å². The molecule has 0 saturated heterocycles. The number of hydrogen-bond donors (Lipinski definition) is 2. The summed E-state index contributed by atoms with van der Waals surface area (Å²) in [6.07, 6.45) is 2.15. The van der Waals surface area contributed by atoms with Crippen molar-refractivity contribution < 1.29 is 9.59 Å². The van der Waals surface area contributed by atoms with Crippen molar-refractivity contribution in [3.8, 4) is 0 Å². The van der Waals surface area contributed by atoms with E-state index in [-0.39, 0.29) is 30.8 Å². The Morgan fingerprint density at radius 1 is 1.03 bits per heavy atom. The maximum Gasteiger partial charge on any atom is 0.234 e. The highest BCUT2D eigenvalue weighted by Gasteiger charge is 2.06. The minimum atomic E-state index is -0.0899. The predicted octanol–water partition coefficient (Wildman–Crippen LogP) is 4.55. The molecule has 0 spiro atoms. The smallest absolute Gasteiger partial charge is 0.234 e. The number of nitrogens with zero attached hydrogens (tertiary/aromatic N) is 3. The van der Waals surface area contributed by atoms with Gasteiger partial charge in [-0.05, 0) is 12.8 Å². The Hall–Kier alpha value is -2.54. The number of aromatic nitrogens is 3. The topological polar surface area (TPSA) is 88.9 Å². The first-order valence-electron chi connectivity index (χ1n) is 11.6. The summed E-state index contributed by atoms with van der Waals surface area (Å²) >= 11 is 0. The van der Waals surface area contributed by atoms with Crippen LogP contribution in [0.1, 0.15) is 73.1 Å². The molecule has 0 aliphatic heterocycles. The zero-order valence-corrected chi connectivity index (χ0v) is 21.6. The third-order valence-corrected chi connectivity index (χ3v) is 3.40. The number of amides is 1. The second kappa shape index (κ2) is 20.4. The number of aryl methyl sites for hydroxylation is 1. The fourth-order valence-electron chi connectivity index (χ4n) is 1.87. The van der Waals surface area contributed by atoms with Crippen LogP contribution in [-0.4, -0.2) is 39.3 Å². The Kier molecular flexibility index (Phi) is 20.1. The summed E-state index contributed by atoms with van der Waals surface area (Å²) in [7, 11) is 0. The van der Waals surface area contributed by atoms with Gasteiger partial charge in [0.2, 0.25) is 5.91 Å². The monoisotopic (exact) mass is 447 g/mol. The van der Waals surface area contributed by atoms with Crippen molar-refractivity contribution in [2.24, 2.45) is 5.92 Å².